The van der Waals surface area contributed by atoms with Gasteiger partial charge in [-0.15, -0.1) is 10.1 Å². The van der Waals surface area contributed by atoms with Crippen LogP contribution in [0.4, 0.5) is 5.69 Å². The van der Waals surface area contributed by atoms with Crippen LogP contribution in [0, 0.1) is 17.0 Å². The zero-order valence-corrected chi connectivity index (χ0v) is 19.6. The standard InChI is InChI=1S/C23H28N2O7S/c1-16-7-3-6-10-22(16)33(29,30)24-21-15-17-8-4-5-9-18(17)19(11-12-23(26)31-2)20(21)13-14-32-25(27)28/h3,6-7,10,15,24H,4-5,8-9,11-14H2,1-2H3. The van der Waals surface area contributed by atoms with Crippen LogP contribution >= 0.6 is 0 Å². The summed E-state index contributed by atoms with van der Waals surface area (Å²) in [6.07, 6.45) is 4.17. The van der Waals surface area contributed by atoms with Crippen molar-refractivity contribution in [1.29, 1.82) is 0 Å². The molecule has 1 aliphatic rings. The van der Waals surface area contributed by atoms with Crippen molar-refractivity contribution < 1.29 is 27.9 Å². The fraction of sp³-hybridized carbons (Fsp3) is 0.435. The monoisotopic (exact) mass is 476 g/mol. The van der Waals surface area contributed by atoms with Crippen LogP contribution in [0.2, 0.25) is 0 Å². The van der Waals surface area contributed by atoms with Gasteiger partial charge < -0.3 is 9.57 Å². The normalized spacial score (nSPS) is 13.2. The van der Waals surface area contributed by atoms with Gasteiger partial charge in [-0.25, -0.2) is 8.42 Å². The molecular formula is C23H28N2O7S. The van der Waals surface area contributed by atoms with Gasteiger partial charge in [-0.05, 0) is 85.4 Å². The van der Waals surface area contributed by atoms with Crippen LogP contribution in [-0.2, 0) is 50.1 Å². The third kappa shape index (κ3) is 6.01. The summed E-state index contributed by atoms with van der Waals surface area (Å²) in [5.74, 6) is -0.377. The third-order valence-electron chi connectivity index (χ3n) is 5.87. The van der Waals surface area contributed by atoms with E-state index < -0.39 is 15.1 Å². The van der Waals surface area contributed by atoms with E-state index in [9.17, 15) is 23.3 Å². The molecule has 0 aromatic heterocycles. The minimum Gasteiger partial charge on any atom is -0.469 e. The van der Waals surface area contributed by atoms with Gasteiger partial charge in [0.2, 0.25) is 0 Å². The number of nitrogens with zero attached hydrogens (tertiary/aromatic N) is 1. The Morgan fingerprint density at radius 3 is 2.58 bits per heavy atom. The molecule has 1 aliphatic carbocycles. The average molecular weight is 477 g/mol. The molecule has 0 saturated carbocycles. The van der Waals surface area contributed by atoms with E-state index in [0.717, 1.165) is 42.4 Å². The zero-order chi connectivity index (χ0) is 24.0. The van der Waals surface area contributed by atoms with Gasteiger partial charge in [0.15, 0.2) is 0 Å². The highest BCUT2D eigenvalue weighted by molar-refractivity contribution is 7.92. The summed E-state index contributed by atoms with van der Waals surface area (Å²) in [6.45, 7) is 1.49. The maximum absolute atomic E-state index is 13.2. The number of carbonyl (C=O) groups excluding carboxylic acids is 1. The van der Waals surface area contributed by atoms with Crippen molar-refractivity contribution in [3.63, 3.8) is 0 Å². The first-order valence-corrected chi connectivity index (χ1v) is 12.3. The van der Waals surface area contributed by atoms with Crippen molar-refractivity contribution in [3.05, 3.63) is 68.3 Å². The zero-order valence-electron chi connectivity index (χ0n) is 18.8. The lowest BCUT2D eigenvalue weighted by molar-refractivity contribution is -0.757. The van der Waals surface area contributed by atoms with Crippen LogP contribution in [0.25, 0.3) is 0 Å². The molecule has 33 heavy (non-hydrogen) atoms. The highest BCUT2D eigenvalue weighted by Gasteiger charge is 2.24. The molecule has 0 amide bonds. The van der Waals surface area contributed by atoms with Crippen LogP contribution in [0.15, 0.2) is 35.2 Å². The van der Waals surface area contributed by atoms with Gasteiger partial charge in [0, 0.05) is 6.42 Å². The second-order valence-electron chi connectivity index (χ2n) is 7.98. The quantitative estimate of drug-likeness (QED) is 0.316. The Bertz CT molecular complexity index is 1150. The Balaban J connectivity index is 2.09. The second-order valence-corrected chi connectivity index (χ2v) is 9.63. The highest BCUT2D eigenvalue weighted by atomic mass is 32.2. The maximum atomic E-state index is 13.2. The van der Waals surface area contributed by atoms with Crippen LogP contribution in [0.3, 0.4) is 0 Å². The van der Waals surface area contributed by atoms with Gasteiger partial charge in [0.25, 0.3) is 15.1 Å². The Kier molecular flexibility index (Phi) is 7.91. The van der Waals surface area contributed by atoms with Crippen molar-refractivity contribution >= 4 is 21.7 Å². The van der Waals surface area contributed by atoms with E-state index in [1.807, 2.05) is 6.07 Å². The molecule has 9 nitrogen and oxygen atoms in total. The first-order valence-electron chi connectivity index (χ1n) is 10.8. The molecule has 1 N–H and O–H groups in total. The molecule has 0 spiro atoms. The number of ether oxygens (including phenoxy) is 1. The summed E-state index contributed by atoms with van der Waals surface area (Å²) in [4.78, 5) is 27.3. The van der Waals surface area contributed by atoms with Crippen molar-refractivity contribution in [2.75, 3.05) is 18.4 Å². The summed E-state index contributed by atoms with van der Waals surface area (Å²) in [5, 5.41) is 9.84. The third-order valence-corrected chi connectivity index (χ3v) is 7.39. The first kappa shape index (κ1) is 24.5. The number of benzene rings is 2. The number of hydrogen-bond donors (Lipinski definition) is 1. The number of aryl methyl sites for hydroxylation is 2. The summed E-state index contributed by atoms with van der Waals surface area (Å²) < 4.78 is 33.9. The smallest absolute Gasteiger partial charge is 0.305 e. The van der Waals surface area contributed by atoms with E-state index in [1.165, 1.54) is 13.2 Å². The minimum atomic E-state index is -3.90. The molecule has 3 rings (SSSR count). The predicted octanol–water partition coefficient (Wildman–Crippen LogP) is 3.53. The van der Waals surface area contributed by atoms with Gasteiger partial charge in [0.05, 0.1) is 17.7 Å². The SMILES string of the molecule is COC(=O)CCc1c2c(cc(NS(=O)(=O)c3ccccc3C)c1CCO[N+](=O)[O-])CCCC2. The molecule has 0 radical (unpaired) electrons. The van der Waals surface area contributed by atoms with Gasteiger partial charge >= 0.3 is 5.97 Å². The second kappa shape index (κ2) is 10.7. The van der Waals surface area contributed by atoms with Crippen LogP contribution in [0.1, 0.15) is 47.1 Å². The molecule has 178 valence electrons. The summed E-state index contributed by atoms with van der Waals surface area (Å²) >= 11 is 0. The number of hydrogen-bond acceptors (Lipinski definition) is 7. The largest absolute Gasteiger partial charge is 0.469 e. The molecular weight excluding hydrogens is 448 g/mol. The molecule has 10 heteroatoms. The Morgan fingerprint density at radius 2 is 1.88 bits per heavy atom. The number of sulfonamides is 1. The van der Waals surface area contributed by atoms with E-state index >= 15 is 0 Å². The number of fused-ring (bicyclic) bond motifs is 1. The number of rotatable bonds is 10. The molecule has 0 fully saturated rings. The summed E-state index contributed by atoms with van der Waals surface area (Å²) in [6, 6.07) is 8.49. The van der Waals surface area contributed by atoms with Crippen LogP contribution < -0.4 is 4.72 Å². The number of methoxy groups -OCH3 is 1. The number of nitrogens with one attached hydrogen (secondary N) is 1. The average Bonchev–Trinajstić information content (AvgIpc) is 2.77. The number of anilines is 1. The fourth-order valence-electron chi connectivity index (χ4n) is 4.33. The number of carbonyl (C=O) groups is 1. The Morgan fingerprint density at radius 1 is 1.15 bits per heavy atom. The van der Waals surface area contributed by atoms with Crippen molar-refractivity contribution in [3.8, 4) is 0 Å². The predicted molar refractivity (Wildman–Crippen MR) is 122 cm³/mol. The van der Waals surface area contributed by atoms with Gasteiger partial charge in [-0.3, -0.25) is 9.52 Å². The topological polar surface area (TPSA) is 125 Å². The lowest BCUT2D eigenvalue weighted by Gasteiger charge is -2.26. The molecule has 0 atom stereocenters. The fourth-order valence-corrected chi connectivity index (χ4v) is 5.66. The molecule has 2 aromatic rings. The van der Waals surface area contributed by atoms with E-state index in [-0.39, 0.29) is 30.3 Å². The highest BCUT2D eigenvalue weighted by Crippen LogP contribution is 2.35. The summed E-state index contributed by atoms with van der Waals surface area (Å²) in [7, 11) is -2.59. The Labute approximate surface area is 193 Å². The molecule has 2 aromatic carbocycles. The van der Waals surface area contributed by atoms with E-state index in [1.54, 1.807) is 25.1 Å². The molecule has 0 aliphatic heterocycles. The van der Waals surface area contributed by atoms with Gasteiger partial charge in [-0.2, -0.15) is 0 Å². The summed E-state index contributed by atoms with van der Waals surface area (Å²) in [5.41, 5.74) is 4.53. The van der Waals surface area contributed by atoms with Crippen molar-refractivity contribution in [2.24, 2.45) is 0 Å². The van der Waals surface area contributed by atoms with Gasteiger partial charge in [-0.1, -0.05) is 18.2 Å². The Hall–Kier alpha value is -3.14. The van der Waals surface area contributed by atoms with E-state index in [2.05, 4.69) is 9.56 Å². The van der Waals surface area contributed by atoms with Crippen molar-refractivity contribution in [1.82, 2.24) is 0 Å². The molecule has 0 bridgehead atoms. The molecule has 0 saturated heterocycles. The number of esters is 1. The van der Waals surface area contributed by atoms with E-state index in [0.29, 0.717) is 23.2 Å². The van der Waals surface area contributed by atoms with Crippen LogP contribution in [-0.4, -0.2) is 33.2 Å². The van der Waals surface area contributed by atoms with Crippen molar-refractivity contribution in [2.45, 2.75) is 56.8 Å². The first-order chi connectivity index (χ1) is 15.7. The van der Waals surface area contributed by atoms with Crippen LogP contribution in [0.5, 0.6) is 0 Å². The van der Waals surface area contributed by atoms with E-state index in [4.69, 9.17) is 4.74 Å². The molecule has 0 heterocycles. The lowest BCUT2D eigenvalue weighted by Crippen LogP contribution is -2.20. The molecule has 0 unspecified atom stereocenters. The van der Waals surface area contributed by atoms with Gasteiger partial charge in [0.1, 0.15) is 6.61 Å². The lowest BCUT2D eigenvalue weighted by atomic mass is 9.83. The maximum Gasteiger partial charge on any atom is 0.305 e. The minimum absolute atomic E-state index is 0.121.